The van der Waals surface area contributed by atoms with Crippen molar-refractivity contribution >= 4 is 78.0 Å². The summed E-state index contributed by atoms with van der Waals surface area (Å²) in [5.74, 6) is 2.59. The van der Waals surface area contributed by atoms with E-state index in [2.05, 4.69) is 47.9 Å². The van der Waals surface area contributed by atoms with E-state index in [0.717, 1.165) is 50.8 Å². The summed E-state index contributed by atoms with van der Waals surface area (Å²) in [5, 5.41) is 0. The molecule has 0 aliphatic carbocycles. The molecule has 47 heavy (non-hydrogen) atoms. The zero-order valence-electron chi connectivity index (χ0n) is 28.5. The maximum absolute atomic E-state index is 5.15. The van der Waals surface area contributed by atoms with E-state index in [1.807, 2.05) is 103 Å². The van der Waals surface area contributed by atoms with Gasteiger partial charge >= 0.3 is 46.1 Å². The maximum atomic E-state index is 5.15. The van der Waals surface area contributed by atoms with Crippen molar-refractivity contribution in [2.75, 3.05) is 34.5 Å². The first-order valence-corrected chi connectivity index (χ1v) is 15.1. The summed E-state index contributed by atoms with van der Waals surface area (Å²) in [6.45, 7) is 2.00. The third-order valence-corrected chi connectivity index (χ3v) is 6.39. The van der Waals surface area contributed by atoms with E-state index < -0.39 is 0 Å². The van der Waals surface area contributed by atoms with E-state index in [1.165, 1.54) is 12.8 Å². The number of ether oxygens (including phenoxy) is 4. The largest absolute Gasteiger partial charge is 2.00 e. The Balaban J connectivity index is -0.000000166. The van der Waals surface area contributed by atoms with Crippen LogP contribution in [0.15, 0.2) is 131 Å². The predicted octanol–water partition coefficient (Wildman–Crippen LogP) is 6.45. The molecule has 0 spiro atoms. The SMILES string of the molecule is Brc1ccccn1.C.C1CCOC1.COc1c[c-]ccc1.COc1cccc(-c2ccccn2)c1.COc1cccc(Br)c1.[Br-].[H-].[H-].[Mg+2].[Mg+2]. The van der Waals surface area contributed by atoms with Crippen LogP contribution in [0.5, 0.6) is 17.2 Å². The molecular formula is C36H43Br3Mg2N2O4. The molecule has 1 saturated heterocycles. The first-order chi connectivity index (χ1) is 21.0. The van der Waals surface area contributed by atoms with Gasteiger partial charge in [0, 0.05) is 41.4 Å². The minimum atomic E-state index is 0. The Bertz CT molecular complexity index is 1400. The van der Waals surface area contributed by atoms with Crippen LogP contribution in [0.1, 0.15) is 23.1 Å². The Morgan fingerprint density at radius 2 is 1.26 bits per heavy atom. The predicted molar refractivity (Wildman–Crippen MR) is 201 cm³/mol. The number of rotatable bonds is 4. The van der Waals surface area contributed by atoms with Gasteiger partial charge in [-0.1, -0.05) is 53.7 Å². The summed E-state index contributed by atoms with van der Waals surface area (Å²) in [6.07, 6.45) is 6.08. The molecule has 0 saturated carbocycles. The van der Waals surface area contributed by atoms with E-state index in [0.29, 0.717) is 0 Å². The molecule has 6 rings (SSSR count). The fourth-order valence-electron chi connectivity index (χ4n) is 3.27. The molecule has 11 heteroatoms. The minimum Gasteiger partial charge on any atom is -1.00 e. The quantitative estimate of drug-likeness (QED) is 0.118. The van der Waals surface area contributed by atoms with Crippen molar-refractivity contribution in [3.8, 4) is 28.5 Å². The van der Waals surface area contributed by atoms with Gasteiger partial charge in [-0.2, -0.15) is 18.2 Å². The molecule has 3 aromatic carbocycles. The summed E-state index contributed by atoms with van der Waals surface area (Å²) in [4.78, 5) is 8.16. The number of aromatic nitrogens is 2. The van der Waals surface area contributed by atoms with E-state index >= 15 is 0 Å². The molecule has 0 radical (unpaired) electrons. The summed E-state index contributed by atoms with van der Waals surface area (Å²) in [6, 6.07) is 37.4. The molecule has 2 aromatic heterocycles. The molecule has 5 aromatic rings. The third-order valence-electron chi connectivity index (χ3n) is 5.43. The van der Waals surface area contributed by atoms with Gasteiger partial charge in [-0.15, -0.1) is 12.1 Å². The zero-order chi connectivity index (χ0) is 31.0. The van der Waals surface area contributed by atoms with Crippen LogP contribution in [-0.2, 0) is 4.74 Å². The summed E-state index contributed by atoms with van der Waals surface area (Å²) in [5.41, 5.74) is 2.04. The van der Waals surface area contributed by atoms with Crippen LogP contribution < -0.4 is 31.2 Å². The van der Waals surface area contributed by atoms with Crippen LogP contribution in [-0.4, -0.2) is 90.6 Å². The van der Waals surface area contributed by atoms with Gasteiger partial charge in [-0.3, -0.25) is 4.98 Å². The molecule has 246 valence electrons. The number of hydrogen-bond donors (Lipinski definition) is 0. The maximum Gasteiger partial charge on any atom is 2.00 e. The second-order valence-electron chi connectivity index (χ2n) is 8.52. The monoisotopic (exact) mass is 852 g/mol. The molecule has 1 aliphatic rings. The van der Waals surface area contributed by atoms with E-state index in [-0.39, 0.29) is 73.4 Å². The first-order valence-electron chi connectivity index (χ1n) is 13.5. The molecular weight excluding hydrogens is 813 g/mol. The van der Waals surface area contributed by atoms with E-state index in [9.17, 15) is 0 Å². The standard InChI is InChI=1S/C12H11NO.C7H7BrO.C7H7O.C5H4BrN.C4H8O.CH4.BrH.2Mg.2H/c1-14-11-6-4-5-10(9-11)12-7-2-3-8-13-12;1-9-7-4-2-3-6(8)5-7;1-8-7-5-3-2-4-6-7;6-5-3-1-2-4-7-5;1-2-4-5-3-1;;;;;;/h2-9H,1H3;2-5H,1H3;2-3,5-6H,1H3;1-4H;1-4H2;1H4;1H;;;;/q;;-1;;;;;2*+2;2*-1/p-1. The smallest absolute Gasteiger partial charge is 1.00 e. The van der Waals surface area contributed by atoms with Crippen LogP contribution >= 0.6 is 31.9 Å². The molecule has 0 amide bonds. The van der Waals surface area contributed by atoms with Crippen LogP contribution in [0.4, 0.5) is 0 Å². The number of halogens is 3. The number of pyridine rings is 2. The van der Waals surface area contributed by atoms with Crippen molar-refractivity contribution in [3.63, 3.8) is 0 Å². The van der Waals surface area contributed by atoms with Gasteiger partial charge in [0.25, 0.3) is 0 Å². The molecule has 1 aliphatic heterocycles. The fraction of sp³-hybridized carbons (Fsp3) is 0.222. The molecule has 0 bridgehead atoms. The molecule has 0 atom stereocenters. The van der Waals surface area contributed by atoms with Crippen LogP contribution in [0.25, 0.3) is 11.3 Å². The Hall–Kier alpha value is -1.71. The summed E-state index contributed by atoms with van der Waals surface area (Å²) < 4.78 is 21.9. The van der Waals surface area contributed by atoms with Crippen LogP contribution in [0.3, 0.4) is 0 Å². The average molecular weight is 856 g/mol. The number of hydrogen-bond acceptors (Lipinski definition) is 6. The second kappa shape index (κ2) is 32.8. The Morgan fingerprint density at radius 1 is 0.681 bits per heavy atom. The molecule has 0 unspecified atom stereocenters. The topological polar surface area (TPSA) is 62.7 Å². The summed E-state index contributed by atoms with van der Waals surface area (Å²) in [7, 11) is 4.96. The molecule has 1 fully saturated rings. The van der Waals surface area contributed by atoms with Crippen LogP contribution in [0, 0.1) is 6.07 Å². The van der Waals surface area contributed by atoms with Gasteiger partial charge in [-0.05, 0) is 83.4 Å². The first kappa shape index (κ1) is 49.7. The Kier molecular flexibility index (Phi) is 34.7. The molecule has 3 heterocycles. The van der Waals surface area contributed by atoms with Crippen molar-refractivity contribution < 1.29 is 38.8 Å². The summed E-state index contributed by atoms with van der Waals surface area (Å²) >= 11 is 6.52. The van der Waals surface area contributed by atoms with Crippen molar-refractivity contribution in [1.29, 1.82) is 0 Å². The van der Waals surface area contributed by atoms with Gasteiger partial charge in [-0.25, -0.2) is 4.98 Å². The third kappa shape index (κ3) is 24.1. The molecule has 6 nitrogen and oxygen atoms in total. The van der Waals surface area contributed by atoms with Gasteiger partial charge < -0.3 is 38.8 Å². The van der Waals surface area contributed by atoms with Crippen LogP contribution in [0.2, 0.25) is 0 Å². The van der Waals surface area contributed by atoms with Crippen molar-refractivity contribution in [2.24, 2.45) is 0 Å². The number of nitrogens with zero attached hydrogens (tertiary/aromatic N) is 2. The Morgan fingerprint density at radius 3 is 1.64 bits per heavy atom. The van der Waals surface area contributed by atoms with Gasteiger partial charge in [0.15, 0.2) is 0 Å². The van der Waals surface area contributed by atoms with E-state index in [4.69, 9.17) is 18.9 Å². The normalized spacial score (nSPS) is 9.98. The molecule has 0 N–H and O–H groups in total. The van der Waals surface area contributed by atoms with Crippen molar-refractivity contribution in [3.05, 3.63) is 137 Å². The van der Waals surface area contributed by atoms with Gasteiger partial charge in [0.2, 0.25) is 0 Å². The minimum absolute atomic E-state index is 0. The average Bonchev–Trinajstić information content (AvgIpc) is 3.68. The second-order valence-corrected chi connectivity index (χ2v) is 10.3. The Labute approximate surface area is 343 Å². The fourth-order valence-corrected chi connectivity index (χ4v) is 3.92. The van der Waals surface area contributed by atoms with Gasteiger partial charge in [0.1, 0.15) is 16.1 Å². The zero-order valence-corrected chi connectivity index (χ0v) is 34.0. The van der Waals surface area contributed by atoms with Crippen molar-refractivity contribution in [2.45, 2.75) is 20.3 Å². The van der Waals surface area contributed by atoms with Crippen molar-refractivity contribution in [1.82, 2.24) is 9.97 Å². The number of methoxy groups -OCH3 is 3. The van der Waals surface area contributed by atoms with Gasteiger partial charge in [0.05, 0.1) is 27.0 Å². The van der Waals surface area contributed by atoms with E-state index in [1.54, 1.807) is 39.8 Å². The number of benzene rings is 3.